The number of halogens is 2. The maximum absolute atomic E-state index is 13.7. The Hall–Kier alpha value is -3.00. The molecule has 0 saturated carbocycles. The highest BCUT2D eigenvalue weighted by atomic mass is 35.5. The number of aromatic nitrogens is 1. The quantitative estimate of drug-likeness (QED) is 0.346. The SMILES string of the molecule is Cc1cccc(CCN(Cc2cc3cc(C)c(C)cc3[nH]c2=O)S(=O)(=O)c2ccc(F)c(Cl)c2)c1. The Labute approximate surface area is 209 Å². The molecule has 0 aliphatic rings. The predicted octanol–water partition coefficient (Wildman–Crippen LogP) is 5.68. The van der Waals surface area contributed by atoms with E-state index in [4.69, 9.17) is 11.6 Å². The van der Waals surface area contributed by atoms with Crippen LogP contribution in [-0.4, -0.2) is 24.3 Å². The zero-order valence-electron chi connectivity index (χ0n) is 19.7. The highest BCUT2D eigenvalue weighted by Gasteiger charge is 2.26. The first-order valence-electron chi connectivity index (χ1n) is 11.2. The van der Waals surface area contributed by atoms with Gasteiger partial charge >= 0.3 is 0 Å². The van der Waals surface area contributed by atoms with Gasteiger partial charge in [-0.1, -0.05) is 41.4 Å². The summed E-state index contributed by atoms with van der Waals surface area (Å²) in [5.41, 5.74) is 4.83. The molecular weight excluding hydrogens is 487 g/mol. The largest absolute Gasteiger partial charge is 0.322 e. The molecule has 35 heavy (non-hydrogen) atoms. The van der Waals surface area contributed by atoms with Crippen molar-refractivity contribution in [1.82, 2.24) is 9.29 Å². The van der Waals surface area contributed by atoms with Crippen LogP contribution in [-0.2, 0) is 23.0 Å². The van der Waals surface area contributed by atoms with Crippen molar-refractivity contribution in [1.29, 1.82) is 0 Å². The molecule has 1 N–H and O–H groups in total. The van der Waals surface area contributed by atoms with E-state index in [2.05, 4.69) is 4.98 Å². The van der Waals surface area contributed by atoms with Gasteiger partial charge in [0, 0.05) is 24.2 Å². The van der Waals surface area contributed by atoms with Gasteiger partial charge in [-0.2, -0.15) is 4.31 Å². The lowest BCUT2D eigenvalue weighted by atomic mass is 10.0. The lowest BCUT2D eigenvalue weighted by Gasteiger charge is -2.23. The predicted molar refractivity (Wildman–Crippen MR) is 138 cm³/mol. The number of rotatable bonds is 7. The van der Waals surface area contributed by atoms with E-state index < -0.39 is 15.8 Å². The fraction of sp³-hybridized carbons (Fsp3) is 0.222. The molecule has 3 aromatic carbocycles. The van der Waals surface area contributed by atoms with Gasteiger partial charge in [-0.05, 0) is 85.7 Å². The van der Waals surface area contributed by atoms with Crippen molar-refractivity contribution >= 4 is 32.5 Å². The summed E-state index contributed by atoms with van der Waals surface area (Å²) in [4.78, 5) is 15.6. The van der Waals surface area contributed by atoms with Crippen LogP contribution in [0.15, 0.2) is 70.4 Å². The van der Waals surface area contributed by atoms with Crippen LogP contribution in [0.1, 0.15) is 27.8 Å². The van der Waals surface area contributed by atoms with E-state index in [0.717, 1.165) is 39.8 Å². The highest BCUT2D eigenvalue weighted by molar-refractivity contribution is 7.89. The number of pyridine rings is 1. The number of fused-ring (bicyclic) bond motifs is 1. The number of nitrogens with one attached hydrogen (secondary N) is 1. The summed E-state index contributed by atoms with van der Waals surface area (Å²) >= 11 is 5.88. The molecule has 4 rings (SSSR count). The first-order chi connectivity index (χ1) is 16.5. The maximum atomic E-state index is 13.7. The summed E-state index contributed by atoms with van der Waals surface area (Å²) in [7, 11) is -4.07. The molecule has 0 aliphatic heterocycles. The van der Waals surface area contributed by atoms with Gasteiger partial charge in [0.05, 0.1) is 9.92 Å². The number of aromatic amines is 1. The second kappa shape index (κ2) is 9.93. The third-order valence-corrected chi connectivity index (χ3v) is 8.27. The molecule has 182 valence electrons. The Morgan fingerprint density at radius 2 is 1.71 bits per heavy atom. The molecule has 1 heterocycles. The van der Waals surface area contributed by atoms with Crippen molar-refractivity contribution in [2.24, 2.45) is 0 Å². The molecule has 0 fully saturated rings. The van der Waals surface area contributed by atoms with Crippen molar-refractivity contribution in [3.63, 3.8) is 0 Å². The van der Waals surface area contributed by atoms with E-state index in [1.165, 1.54) is 10.4 Å². The van der Waals surface area contributed by atoms with Crippen molar-refractivity contribution < 1.29 is 12.8 Å². The van der Waals surface area contributed by atoms with Gasteiger partial charge < -0.3 is 4.98 Å². The van der Waals surface area contributed by atoms with E-state index in [0.29, 0.717) is 17.5 Å². The monoisotopic (exact) mass is 512 g/mol. The number of aryl methyl sites for hydroxylation is 3. The molecule has 8 heteroatoms. The average Bonchev–Trinajstić information content (AvgIpc) is 2.80. The van der Waals surface area contributed by atoms with E-state index >= 15 is 0 Å². The minimum atomic E-state index is -4.07. The Morgan fingerprint density at radius 3 is 2.43 bits per heavy atom. The Bertz CT molecular complexity index is 1580. The molecule has 0 radical (unpaired) electrons. The van der Waals surface area contributed by atoms with Crippen LogP contribution in [0.2, 0.25) is 5.02 Å². The Morgan fingerprint density at radius 1 is 0.971 bits per heavy atom. The Balaban J connectivity index is 1.75. The second-order valence-electron chi connectivity index (χ2n) is 8.80. The van der Waals surface area contributed by atoms with Crippen molar-refractivity contribution in [2.45, 2.75) is 38.6 Å². The molecule has 0 bridgehead atoms. The smallest absolute Gasteiger partial charge is 0.252 e. The first-order valence-corrected chi connectivity index (χ1v) is 13.0. The van der Waals surface area contributed by atoms with E-state index in [1.54, 1.807) is 6.07 Å². The van der Waals surface area contributed by atoms with Crippen molar-refractivity contribution in [3.8, 4) is 0 Å². The zero-order chi connectivity index (χ0) is 25.3. The fourth-order valence-electron chi connectivity index (χ4n) is 4.02. The lowest BCUT2D eigenvalue weighted by molar-refractivity contribution is 0.408. The number of H-pyrrole nitrogens is 1. The number of hydrogen-bond donors (Lipinski definition) is 1. The second-order valence-corrected chi connectivity index (χ2v) is 11.1. The van der Waals surface area contributed by atoms with E-state index in [9.17, 15) is 17.6 Å². The van der Waals surface area contributed by atoms with Gasteiger partial charge in [0.1, 0.15) is 5.82 Å². The molecular formula is C27H26ClFN2O3S. The number of benzene rings is 3. The normalized spacial score (nSPS) is 11.9. The van der Waals surface area contributed by atoms with Crippen LogP contribution in [0.4, 0.5) is 4.39 Å². The van der Waals surface area contributed by atoms with Gasteiger partial charge in [-0.15, -0.1) is 0 Å². The molecule has 0 atom stereocenters. The summed E-state index contributed by atoms with van der Waals surface area (Å²) in [6.07, 6.45) is 0.444. The van der Waals surface area contributed by atoms with Crippen LogP contribution >= 0.6 is 11.6 Å². The molecule has 0 spiro atoms. The lowest BCUT2D eigenvalue weighted by Crippen LogP contribution is -2.34. The van der Waals surface area contributed by atoms with Gasteiger partial charge in [-0.3, -0.25) is 4.79 Å². The van der Waals surface area contributed by atoms with Gasteiger partial charge in [0.2, 0.25) is 10.0 Å². The topological polar surface area (TPSA) is 70.2 Å². The molecule has 0 unspecified atom stereocenters. The standard InChI is InChI=1S/C27H26ClFN2O3S/c1-17-5-4-6-20(11-17)9-10-31(35(33,34)23-7-8-25(29)24(28)15-23)16-22-14-21-12-18(2)19(3)13-26(21)30-27(22)32/h4-8,11-15H,9-10,16H2,1-3H3,(H,30,32). The van der Waals surface area contributed by atoms with Crippen LogP contribution in [0.3, 0.4) is 0 Å². The highest BCUT2D eigenvalue weighted by Crippen LogP contribution is 2.25. The minimum absolute atomic E-state index is 0.128. The summed E-state index contributed by atoms with van der Waals surface area (Å²) in [6, 6.07) is 16.7. The molecule has 0 amide bonds. The van der Waals surface area contributed by atoms with Gasteiger partial charge in [0.15, 0.2) is 0 Å². The summed E-state index contributed by atoms with van der Waals surface area (Å²) in [6.45, 7) is 5.91. The zero-order valence-corrected chi connectivity index (χ0v) is 21.3. The van der Waals surface area contributed by atoms with Crippen molar-refractivity contribution in [2.75, 3.05) is 6.54 Å². The third-order valence-electron chi connectivity index (χ3n) is 6.14. The summed E-state index contributed by atoms with van der Waals surface area (Å²) in [5, 5.41) is 0.544. The maximum Gasteiger partial charge on any atom is 0.252 e. The number of hydrogen-bond acceptors (Lipinski definition) is 3. The molecule has 5 nitrogen and oxygen atoms in total. The number of nitrogens with zero attached hydrogens (tertiary/aromatic N) is 1. The summed E-state index contributed by atoms with van der Waals surface area (Å²) < 4.78 is 42.2. The third kappa shape index (κ3) is 5.48. The van der Waals surface area contributed by atoms with Crippen molar-refractivity contribution in [3.05, 3.63) is 110 Å². The van der Waals surface area contributed by atoms with Gasteiger partial charge in [-0.25, -0.2) is 12.8 Å². The fourth-order valence-corrected chi connectivity index (χ4v) is 5.71. The van der Waals surface area contributed by atoms with Gasteiger partial charge in [0.25, 0.3) is 5.56 Å². The van der Waals surface area contributed by atoms with E-state index in [1.807, 2.05) is 57.2 Å². The van der Waals surface area contributed by atoms with Crippen LogP contribution in [0.5, 0.6) is 0 Å². The minimum Gasteiger partial charge on any atom is -0.322 e. The Kier molecular flexibility index (Phi) is 7.12. The van der Waals surface area contributed by atoms with Crippen LogP contribution in [0.25, 0.3) is 10.9 Å². The first kappa shape index (κ1) is 25.1. The molecule has 0 aliphatic carbocycles. The van der Waals surface area contributed by atoms with E-state index in [-0.39, 0.29) is 28.6 Å². The molecule has 0 saturated heterocycles. The average molecular weight is 513 g/mol. The molecule has 1 aromatic heterocycles. The van der Waals surface area contributed by atoms with Crippen LogP contribution in [0, 0.1) is 26.6 Å². The van der Waals surface area contributed by atoms with Crippen LogP contribution < -0.4 is 5.56 Å². The number of sulfonamides is 1. The molecule has 4 aromatic rings. The summed E-state index contributed by atoms with van der Waals surface area (Å²) in [5.74, 6) is -0.700.